The van der Waals surface area contributed by atoms with Gasteiger partial charge in [0.15, 0.2) is 0 Å². The lowest BCUT2D eigenvalue weighted by Gasteiger charge is -2.35. The van der Waals surface area contributed by atoms with Crippen LogP contribution in [0.2, 0.25) is 0 Å². The summed E-state index contributed by atoms with van der Waals surface area (Å²) in [4.78, 5) is 42.6. The van der Waals surface area contributed by atoms with E-state index in [0.717, 1.165) is 54.8 Å². The molecule has 0 atom stereocenters. The molecule has 0 radical (unpaired) electrons. The number of carbonyl (C=O) groups is 2. The molecule has 4 heterocycles. The van der Waals surface area contributed by atoms with Gasteiger partial charge in [0, 0.05) is 88.3 Å². The Morgan fingerprint density at radius 1 is 0.938 bits per heavy atom. The molecular formula is C37H43N7O4. The number of pyridine rings is 1. The highest BCUT2D eigenvalue weighted by Gasteiger charge is 2.27. The number of piperazine rings is 2. The summed E-state index contributed by atoms with van der Waals surface area (Å²) in [5.41, 5.74) is 4.09. The minimum atomic E-state index is -0.523. The lowest BCUT2D eigenvalue weighted by Crippen LogP contribution is -2.50. The highest BCUT2D eigenvalue weighted by molar-refractivity contribution is 6.10. The first-order valence-corrected chi connectivity index (χ1v) is 16.5. The Kier molecular flexibility index (Phi) is 9.66. The van der Waals surface area contributed by atoms with Gasteiger partial charge in [-0.3, -0.25) is 9.69 Å². The number of carbonyl (C=O) groups excluding carboxylic acids is 2. The van der Waals surface area contributed by atoms with E-state index in [-0.39, 0.29) is 12.0 Å². The van der Waals surface area contributed by atoms with Crippen LogP contribution in [-0.4, -0.2) is 115 Å². The number of aromatic nitrogens is 1. The second-order valence-electron chi connectivity index (χ2n) is 13.4. The normalized spacial score (nSPS) is 16.1. The summed E-state index contributed by atoms with van der Waals surface area (Å²) < 4.78 is 12.0. The van der Waals surface area contributed by atoms with E-state index in [1.807, 2.05) is 80.3 Å². The molecular weight excluding hydrogens is 606 g/mol. The molecule has 2 aromatic carbocycles. The lowest BCUT2D eigenvalue weighted by atomic mass is 9.97. The first-order valence-electron chi connectivity index (χ1n) is 16.5. The number of ether oxygens (including phenoxy) is 1. The number of hydrogen-bond acceptors (Lipinski definition) is 8. The molecule has 2 amide bonds. The van der Waals surface area contributed by atoms with Gasteiger partial charge >= 0.3 is 6.09 Å². The molecule has 0 saturated carbocycles. The molecule has 250 valence electrons. The standard InChI is InChI=1S/C37H43N7O4/c1-37(2,3)48-36(46)44-22-18-42(19-23-44)15-14-39-32-29(38-4)25-40-34-31(32)30(26-10-7-6-8-11-26)33(47-34)27-12-9-13-28(24-27)35(45)43-20-16-41(5)17-21-43/h6-13,24-25H,14-23H2,1-3,5H3,(H,39,40). The average Bonchev–Trinajstić information content (AvgIpc) is 3.48. The molecule has 4 aromatic rings. The molecule has 2 fully saturated rings. The zero-order valence-corrected chi connectivity index (χ0v) is 28.2. The molecule has 1 N–H and O–H groups in total. The Hall–Kier alpha value is -4.92. The molecule has 2 aliphatic heterocycles. The number of benzene rings is 2. The Labute approximate surface area is 281 Å². The van der Waals surface area contributed by atoms with Gasteiger partial charge in [0.1, 0.15) is 11.4 Å². The molecule has 2 aromatic heterocycles. The van der Waals surface area contributed by atoms with E-state index in [0.29, 0.717) is 61.1 Å². The van der Waals surface area contributed by atoms with Gasteiger partial charge in [0.2, 0.25) is 11.4 Å². The van der Waals surface area contributed by atoms with E-state index in [1.165, 1.54) is 0 Å². The Morgan fingerprint density at radius 3 is 2.31 bits per heavy atom. The predicted molar refractivity (Wildman–Crippen MR) is 187 cm³/mol. The van der Waals surface area contributed by atoms with Crippen LogP contribution in [0.3, 0.4) is 0 Å². The quantitative estimate of drug-likeness (QED) is 0.241. The molecule has 0 unspecified atom stereocenters. The Balaban J connectivity index is 1.27. The lowest BCUT2D eigenvalue weighted by molar-refractivity contribution is 0.0148. The summed E-state index contributed by atoms with van der Waals surface area (Å²) in [6, 6.07) is 17.5. The van der Waals surface area contributed by atoms with Crippen molar-refractivity contribution in [2.24, 2.45) is 0 Å². The smallest absolute Gasteiger partial charge is 0.410 e. The first kappa shape index (κ1) is 33.0. The highest BCUT2D eigenvalue weighted by Crippen LogP contribution is 2.46. The fourth-order valence-electron chi connectivity index (χ4n) is 6.21. The van der Waals surface area contributed by atoms with E-state index < -0.39 is 5.60 Å². The van der Waals surface area contributed by atoms with Gasteiger partial charge in [-0.15, -0.1) is 0 Å². The van der Waals surface area contributed by atoms with Crippen LogP contribution >= 0.6 is 0 Å². The third-order valence-electron chi connectivity index (χ3n) is 8.80. The number of nitrogens with zero attached hydrogens (tertiary/aromatic N) is 6. The van der Waals surface area contributed by atoms with Crippen molar-refractivity contribution in [1.82, 2.24) is 24.6 Å². The summed E-state index contributed by atoms with van der Waals surface area (Å²) in [6.07, 6.45) is 1.27. The SMILES string of the molecule is [C-]#[N+]c1cnc2oc(-c3cccc(C(=O)N4CCN(C)CC4)c3)c(-c3ccccc3)c2c1NCCN1CCN(C(=O)OC(C)(C)C)CC1. The van der Waals surface area contributed by atoms with Crippen LogP contribution in [0.25, 0.3) is 38.4 Å². The molecule has 2 aliphatic rings. The maximum absolute atomic E-state index is 13.5. The van der Waals surface area contributed by atoms with Crippen molar-refractivity contribution in [3.63, 3.8) is 0 Å². The largest absolute Gasteiger partial charge is 0.444 e. The third kappa shape index (κ3) is 7.30. The van der Waals surface area contributed by atoms with Crippen molar-refractivity contribution >= 4 is 34.5 Å². The number of anilines is 1. The van der Waals surface area contributed by atoms with Crippen LogP contribution in [0.1, 0.15) is 31.1 Å². The maximum Gasteiger partial charge on any atom is 0.410 e. The summed E-state index contributed by atoms with van der Waals surface area (Å²) >= 11 is 0. The highest BCUT2D eigenvalue weighted by atomic mass is 16.6. The van der Waals surface area contributed by atoms with Crippen LogP contribution in [-0.2, 0) is 4.74 Å². The molecule has 0 aliphatic carbocycles. The number of hydrogen-bond donors (Lipinski definition) is 1. The van der Waals surface area contributed by atoms with Crippen LogP contribution in [0.4, 0.5) is 16.2 Å². The van der Waals surface area contributed by atoms with Crippen molar-refractivity contribution in [3.8, 4) is 22.5 Å². The van der Waals surface area contributed by atoms with E-state index in [4.69, 9.17) is 15.7 Å². The molecule has 11 heteroatoms. The van der Waals surface area contributed by atoms with Crippen LogP contribution in [0.15, 0.2) is 65.2 Å². The second kappa shape index (κ2) is 14.1. The zero-order valence-electron chi connectivity index (χ0n) is 28.2. The molecule has 6 rings (SSSR count). The third-order valence-corrected chi connectivity index (χ3v) is 8.80. The number of rotatable bonds is 7. The van der Waals surface area contributed by atoms with Crippen molar-refractivity contribution < 1.29 is 18.7 Å². The average molecular weight is 650 g/mol. The maximum atomic E-state index is 13.5. The van der Waals surface area contributed by atoms with E-state index in [1.54, 1.807) is 11.1 Å². The molecule has 0 bridgehead atoms. The van der Waals surface area contributed by atoms with Gasteiger partial charge in [-0.25, -0.2) is 14.6 Å². The zero-order chi connectivity index (χ0) is 33.8. The van der Waals surface area contributed by atoms with Gasteiger partial charge in [-0.1, -0.05) is 42.5 Å². The van der Waals surface area contributed by atoms with Crippen molar-refractivity contribution in [1.29, 1.82) is 0 Å². The van der Waals surface area contributed by atoms with Gasteiger partial charge < -0.3 is 29.2 Å². The van der Waals surface area contributed by atoms with Gasteiger partial charge in [-0.2, -0.15) is 0 Å². The number of likely N-dealkylation sites (N-methyl/N-ethyl adjacent to an activating group) is 1. The molecule has 2 saturated heterocycles. The Bertz CT molecular complexity index is 1810. The minimum Gasteiger partial charge on any atom is -0.444 e. The van der Waals surface area contributed by atoms with Crippen LogP contribution < -0.4 is 5.32 Å². The van der Waals surface area contributed by atoms with Crippen molar-refractivity contribution in [3.05, 3.63) is 77.8 Å². The van der Waals surface area contributed by atoms with Gasteiger partial charge in [0.25, 0.3) is 5.91 Å². The van der Waals surface area contributed by atoms with Gasteiger partial charge in [-0.05, 0) is 45.5 Å². The summed E-state index contributed by atoms with van der Waals surface area (Å²) in [5, 5.41) is 4.28. The van der Waals surface area contributed by atoms with Crippen molar-refractivity contribution in [2.45, 2.75) is 26.4 Å². The number of furan rings is 1. The van der Waals surface area contributed by atoms with Gasteiger partial charge in [0.05, 0.1) is 17.6 Å². The van der Waals surface area contributed by atoms with E-state index in [2.05, 4.69) is 32.0 Å². The number of amides is 2. The van der Waals surface area contributed by atoms with E-state index in [9.17, 15) is 9.59 Å². The summed E-state index contributed by atoms with van der Waals surface area (Å²) in [7, 11) is 2.07. The molecule has 0 spiro atoms. The summed E-state index contributed by atoms with van der Waals surface area (Å²) in [6.45, 7) is 20.6. The monoisotopic (exact) mass is 649 g/mol. The topological polar surface area (TPSA) is 98.7 Å². The predicted octanol–water partition coefficient (Wildman–Crippen LogP) is 6.06. The number of nitrogens with one attached hydrogen (secondary N) is 1. The fourth-order valence-corrected chi connectivity index (χ4v) is 6.21. The first-order chi connectivity index (χ1) is 23.1. The minimum absolute atomic E-state index is 0.00465. The Morgan fingerprint density at radius 2 is 1.62 bits per heavy atom. The molecule has 11 nitrogen and oxygen atoms in total. The second-order valence-corrected chi connectivity index (χ2v) is 13.4. The van der Waals surface area contributed by atoms with Crippen molar-refractivity contribution in [2.75, 3.05) is 77.8 Å². The fraction of sp³-hybridized carbons (Fsp3) is 0.405. The van der Waals surface area contributed by atoms with E-state index >= 15 is 0 Å². The van der Waals surface area contributed by atoms with Crippen LogP contribution in [0, 0.1) is 6.57 Å². The number of fused-ring (bicyclic) bond motifs is 1. The summed E-state index contributed by atoms with van der Waals surface area (Å²) in [5.74, 6) is 0.602. The van der Waals surface area contributed by atoms with Crippen LogP contribution in [0.5, 0.6) is 0 Å². The molecule has 48 heavy (non-hydrogen) atoms.